The first-order valence-corrected chi connectivity index (χ1v) is 13.7. The first-order valence-electron chi connectivity index (χ1n) is 13.7. The van der Waals surface area contributed by atoms with Crippen LogP contribution in [0.5, 0.6) is 0 Å². The highest BCUT2D eigenvalue weighted by atomic mass is 16.3. The van der Waals surface area contributed by atoms with Gasteiger partial charge in [0.1, 0.15) is 12.1 Å². The number of carbonyl (C=O) groups is 3. The molecule has 3 atom stereocenters. The molecule has 0 radical (unpaired) electrons. The minimum Gasteiger partial charge on any atom is -0.390 e. The molecule has 1 aliphatic heterocycles. The fourth-order valence-electron chi connectivity index (χ4n) is 5.60. The van der Waals surface area contributed by atoms with Crippen molar-refractivity contribution in [2.24, 2.45) is 11.7 Å². The number of fused-ring (bicyclic) bond motifs is 1. The third-order valence-corrected chi connectivity index (χ3v) is 7.73. The number of hydrogen-bond acceptors (Lipinski definition) is 5. The number of aliphatic hydroxyl groups excluding tert-OH is 1. The highest BCUT2D eigenvalue weighted by Gasteiger charge is 2.36. The maximum atomic E-state index is 13.4. The van der Waals surface area contributed by atoms with E-state index in [1.807, 2.05) is 42.5 Å². The lowest BCUT2D eigenvalue weighted by Crippen LogP contribution is -2.54. The molecule has 5 N–H and O–H groups in total. The quantitative estimate of drug-likeness (QED) is 0.392. The number of nitrogens with one attached hydrogen (secondary N) is 2. The largest absolute Gasteiger partial charge is 0.390 e. The number of hydrogen-bond donors (Lipinski definition) is 4. The molecule has 2 aromatic rings. The van der Waals surface area contributed by atoms with E-state index in [2.05, 4.69) is 10.6 Å². The maximum absolute atomic E-state index is 13.4. The number of amides is 3. The minimum atomic E-state index is -0.858. The second-order valence-corrected chi connectivity index (χ2v) is 10.5. The van der Waals surface area contributed by atoms with Crippen LogP contribution in [-0.2, 0) is 20.8 Å². The number of nitrogens with zero attached hydrogens (tertiary/aromatic N) is 1. The molecular formula is C29H40N4O4. The van der Waals surface area contributed by atoms with Crippen LogP contribution in [-0.4, -0.2) is 65.5 Å². The number of nitrogens with two attached hydrogens (primary N) is 1. The monoisotopic (exact) mass is 508 g/mol. The van der Waals surface area contributed by atoms with Gasteiger partial charge in [-0.2, -0.15) is 0 Å². The predicted molar refractivity (Wildman–Crippen MR) is 144 cm³/mol. The predicted octanol–water partition coefficient (Wildman–Crippen LogP) is 2.26. The highest BCUT2D eigenvalue weighted by molar-refractivity contribution is 5.93. The van der Waals surface area contributed by atoms with Gasteiger partial charge in [-0.15, -0.1) is 0 Å². The highest BCUT2D eigenvalue weighted by Crippen LogP contribution is 2.28. The van der Waals surface area contributed by atoms with Crippen molar-refractivity contribution in [1.82, 2.24) is 15.5 Å². The first-order chi connectivity index (χ1) is 17.9. The van der Waals surface area contributed by atoms with E-state index >= 15 is 0 Å². The summed E-state index contributed by atoms with van der Waals surface area (Å²) in [4.78, 5) is 41.3. The molecule has 1 unspecified atom stereocenters. The van der Waals surface area contributed by atoms with Gasteiger partial charge < -0.3 is 26.4 Å². The van der Waals surface area contributed by atoms with Gasteiger partial charge in [-0.05, 0) is 47.9 Å². The second-order valence-electron chi connectivity index (χ2n) is 10.5. The summed E-state index contributed by atoms with van der Waals surface area (Å²) in [5.41, 5.74) is 6.39. The Morgan fingerprint density at radius 2 is 1.76 bits per heavy atom. The van der Waals surface area contributed by atoms with Gasteiger partial charge in [0.15, 0.2) is 0 Å². The average Bonchev–Trinajstić information content (AvgIpc) is 3.42. The van der Waals surface area contributed by atoms with Crippen LogP contribution >= 0.6 is 0 Å². The second kappa shape index (κ2) is 13.0. The van der Waals surface area contributed by atoms with Gasteiger partial charge in [0.2, 0.25) is 17.7 Å². The topological polar surface area (TPSA) is 125 Å². The van der Waals surface area contributed by atoms with E-state index in [0.717, 1.165) is 35.6 Å². The third kappa shape index (κ3) is 7.29. The number of likely N-dealkylation sites (tertiary alicyclic amines) is 1. The Bertz CT molecular complexity index is 1080. The maximum Gasteiger partial charge on any atom is 0.243 e. The Kier molecular flexibility index (Phi) is 9.52. The molecule has 0 bridgehead atoms. The third-order valence-electron chi connectivity index (χ3n) is 7.73. The Labute approximate surface area is 219 Å². The van der Waals surface area contributed by atoms with Gasteiger partial charge in [0, 0.05) is 32.5 Å². The van der Waals surface area contributed by atoms with Gasteiger partial charge in [-0.1, -0.05) is 61.7 Å². The SMILES string of the molecule is NCC(O)CNC(=O)[C@@H](Cc1ccc2ccccc2c1)NC(=O)[C@@H]1CCCN1C(=O)CC1CCCCC1. The van der Waals surface area contributed by atoms with Crippen molar-refractivity contribution in [3.63, 3.8) is 0 Å². The standard InChI is InChI=1S/C29H40N4O4/c30-18-24(34)19-31-28(36)25(16-21-12-13-22-9-4-5-10-23(22)15-21)32-29(37)26-11-6-14-33(26)27(35)17-20-7-2-1-3-8-20/h4-5,9-10,12-13,15,20,24-26,34H,1-3,6-8,11,14,16-19,30H2,(H,31,36)(H,32,37)/t24?,25-,26+/m1/s1. The summed E-state index contributed by atoms with van der Waals surface area (Å²) in [7, 11) is 0. The van der Waals surface area contributed by atoms with Crippen molar-refractivity contribution >= 4 is 28.5 Å². The molecule has 0 spiro atoms. The van der Waals surface area contributed by atoms with E-state index in [9.17, 15) is 19.5 Å². The van der Waals surface area contributed by atoms with Crippen molar-refractivity contribution in [1.29, 1.82) is 0 Å². The van der Waals surface area contributed by atoms with E-state index in [1.54, 1.807) is 4.90 Å². The molecule has 4 rings (SSSR count). The lowest BCUT2D eigenvalue weighted by molar-refractivity contribution is -0.140. The molecule has 1 heterocycles. The van der Waals surface area contributed by atoms with Gasteiger partial charge in [-0.25, -0.2) is 0 Å². The van der Waals surface area contributed by atoms with Crippen LogP contribution in [0.1, 0.15) is 56.9 Å². The fraction of sp³-hybridized carbons (Fsp3) is 0.552. The smallest absolute Gasteiger partial charge is 0.243 e. The van der Waals surface area contributed by atoms with Crippen LogP contribution in [0, 0.1) is 5.92 Å². The summed E-state index contributed by atoms with van der Waals surface area (Å²) in [5.74, 6) is -0.223. The van der Waals surface area contributed by atoms with Crippen molar-refractivity contribution in [2.45, 2.75) is 76.0 Å². The fourth-order valence-corrected chi connectivity index (χ4v) is 5.60. The van der Waals surface area contributed by atoms with Crippen LogP contribution in [0.25, 0.3) is 10.8 Å². The molecule has 200 valence electrons. The normalized spacial score (nSPS) is 19.9. The molecule has 8 heteroatoms. The summed E-state index contributed by atoms with van der Waals surface area (Å²) in [5, 5.41) is 17.6. The van der Waals surface area contributed by atoms with Gasteiger partial charge in [-0.3, -0.25) is 14.4 Å². The molecule has 2 aliphatic rings. The first kappa shape index (κ1) is 27.1. The number of aliphatic hydroxyl groups is 1. The zero-order chi connectivity index (χ0) is 26.2. The van der Waals surface area contributed by atoms with Gasteiger partial charge in [0.05, 0.1) is 6.10 Å². The van der Waals surface area contributed by atoms with Crippen LogP contribution < -0.4 is 16.4 Å². The van der Waals surface area contributed by atoms with Crippen LogP contribution in [0.2, 0.25) is 0 Å². The van der Waals surface area contributed by atoms with E-state index in [-0.39, 0.29) is 30.8 Å². The summed E-state index contributed by atoms with van der Waals surface area (Å²) in [6.45, 7) is 0.616. The average molecular weight is 509 g/mol. The van der Waals surface area contributed by atoms with Crippen LogP contribution in [0.4, 0.5) is 0 Å². The molecule has 1 saturated carbocycles. The van der Waals surface area contributed by atoms with E-state index in [0.29, 0.717) is 31.7 Å². The molecule has 0 aromatic heterocycles. The minimum absolute atomic E-state index is 0.00878. The van der Waals surface area contributed by atoms with Gasteiger partial charge >= 0.3 is 0 Å². The zero-order valence-corrected chi connectivity index (χ0v) is 21.5. The van der Waals surface area contributed by atoms with E-state index in [1.165, 1.54) is 19.3 Å². The van der Waals surface area contributed by atoms with E-state index in [4.69, 9.17) is 5.73 Å². The molecule has 3 amide bonds. The van der Waals surface area contributed by atoms with Crippen molar-refractivity contribution in [2.75, 3.05) is 19.6 Å². The zero-order valence-electron chi connectivity index (χ0n) is 21.5. The van der Waals surface area contributed by atoms with Crippen molar-refractivity contribution < 1.29 is 19.5 Å². The molecule has 2 aromatic carbocycles. The number of carbonyl (C=O) groups excluding carboxylic acids is 3. The number of benzene rings is 2. The summed E-state index contributed by atoms with van der Waals surface area (Å²) >= 11 is 0. The Morgan fingerprint density at radius 1 is 1.00 bits per heavy atom. The lowest BCUT2D eigenvalue weighted by Gasteiger charge is -2.29. The Balaban J connectivity index is 1.45. The molecule has 1 aliphatic carbocycles. The molecule has 1 saturated heterocycles. The Hall–Kier alpha value is -2.97. The summed E-state index contributed by atoms with van der Waals surface area (Å²) in [6.07, 6.45) is 7.06. The van der Waals surface area contributed by atoms with E-state index < -0.39 is 18.2 Å². The lowest BCUT2D eigenvalue weighted by atomic mass is 9.86. The summed E-state index contributed by atoms with van der Waals surface area (Å²) < 4.78 is 0. The Morgan fingerprint density at radius 3 is 2.51 bits per heavy atom. The van der Waals surface area contributed by atoms with Crippen LogP contribution in [0.15, 0.2) is 42.5 Å². The molecule has 8 nitrogen and oxygen atoms in total. The van der Waals surface area contributed by atoms with Crippen molar-refractivity contribution in [3.05, 3.63) is 48.0 Å². The summed E-state index contributed by atoms with van der Waals surface area (Å²) in [6, 6.07) is 12.6. The number of rotatable bonds is 10. The molecular weight excluding hydrogens is 468 g/mol. The van der Waals surface area contributed by atoms with Crippen molar-refractivity contribution in [3.8, 4) is 0 Å². The van der Waals surface area contributed by atoms with Crippen LogP contribution in [0.3, 0.4) is 0 Å². The molecule has 2 fully saturated rings. The molecule has 37 heavy (non-hydrogen) atoms. The van der Waals surface area contributed by atoms with Gasteiger partial charge in [0.25, 0.3) is 0 Å².